The molecule has 0 saturated carbocycles. The Morgan fingerprint density at radius 3 is 2.20 bits per heavy atom. The Morgan fingerprint density at radius 2 is 1.61 bits per heavy atom. The van der Waals surface area contributed by atoms with E-state index in [0.717, 1.165) is 9.87 Å². The van der Waals surface area contributed by atoms with Crippen LogP contribution in [0.2, 0.25) is 15.1 Å². The number of sulfonamides is 1. The van der Waals surface area contributed by atoms with Crippen molar-refractivity contribution in [3.63, 3.8) is 0 Å². The van der Waals surface area contributed by atoms with Crippen LogP contribution in [0, 0.1) is 12.8 Å². The van der Waals surface area contributed by atoms with Crippen molar-refractivity contribution in [1.29, 1.82) is 0 Å². The second-order valence-corrected chi connectivity index (χ2v) is 13.2. The zero-order valence-corrected chi connectivity index (χ0v) is 26.5. The van der Waals surface area contributed by atoms with Gasteiger partial charge in [-0.15, -0.1) is 0 Å². The van der Waals surface area contributed by atoms with Crippen molar-refractivity contribution in [3.8, 4) is 0 Å². The van der Waals surface area contributed by atoms with Gasteiger partial charge in [0.1, 0.15) is 12.6 Å². The molecule has 220 valence electrons. The lowest BCUT2D eigenvalue weighted by atomic mass is 10.1. The predicted molar refractivity (Wildman–Crippen MR) is 166 cm³/mol. The quantitative estimate of drug-likeness (QED) is 0.238. The van der Waals surface area contributed by atoms with Crippen molar-refractivity contribution >= 4 is 62.3 Å². The third-order valence-corrected chi connectivity index (χ3v) is 9.26. The molecule has 1 N–H and O–H groups in total. The maximum Gasteiger partial charge on any atom is 0.264 e. The lowest BCUT2D eigenvalue weighted by Gasteiger charge is -2.33. The molecule has 0 fully saturated rings. The molecule has 1 atom stereocenters. The second kappa shape index (κ2) is 14.4. The van der Waals surface area contributed by atoms with Crippen molar-refractivity contribution in [2.24, 2.45) is 5.92 Å². The van der Waals surface area contributed by atoms with Crippen molar-refractivity contribution in [3.05, 3.63) is 92.9 Å². The van der Waals surface area contributed by atoms with Gasteiger partial charge in [-0.3, -0.25) is 13.9 Å². The zero-order valence-electron chi connectivity index (χ0n) is 23.4. The number of hydrogen-bond acceptors (Lipinski definition) is 4. The second-order valence-electron chi connectivity index (χ2n) is 10.1. The first-order chi connectivity index (χ1) is 19.3. The number of nitrogens with one attached hydrogen (secondary N) is 1. The molecule has 0 saturated heterocycles. The molecule has 3 aromatic carbocycles. The molecule has 0 heterocycles. The molecular weight excluding hydrogens is 605 g/mol. The highest BCUT2D eigenvalue weighted by Gasteiger charge is 2.34. The number of nitrogens with zero attached hydrogens (tertiary/aromatic N) is 2. The van der Waals surface area contributed by atoms with E-state index in [1.54, 1.807) is 62.4 Å². The monoisotopic (exact) mass is 637 g/mol. The first-order valence-corrected chi connectivity index (χ1v) is 15.8. The largest absolute Gasteiger partial charge is 0.354 e. The summed E-state index contributed by atoms with van der Waals surface area (Å²) in [6.07, 6.45) is 0.294. The summed E-state index contributed by atoms with van der Waals surface area (Å²) in [6.45, 7) is 7.35. The summed E-state index contributed by atoms with van der Waals surface area (Å²) in [5.74, 6) is -0.724. The number of aryl methyl sites for hydroxylation is 1. The van der Waals surface area contributed by atoms with Gasteiger partial charge in [-0.2, -0.15) is 0 Å². The van der Waals surface area contributed by atoms with Gasteiger partial charge < -0.3 is 10.2 Å². The van der Waals surface area contributed by atoms with Crippen LogP contribution in [-0.4, -0.2) is 44.3 Å². The van der Waals surface area contributed by atoms with Crippen LogP contribution in [0.4, 0.5) is 5.69 Å². The van der Waals surface area contributed by atoms with Gasteiger partial charge in [-0.05, 0) is 66.8 Å². The van der Waals surface area contributed by atoms with Gasteiger partial charge in [-0.1, -0.05) is 85.9 Å². The van der Waals surface area contributed by atoms with E-state index < -0.39 is 28.5 Å². The molecule has 11 heteroatoms. The van der Waals surface area contributed by atoms with Gasteiger partial charge in [0.2, 0.25) is 11.8 Å². The van der Waals surface area contributed by atoms with Crippen molar-refractivity contribution in [1.82, 2.24) is 10.2 Å². The normalized spacial score (nSPS) is 12.2. The highest BCUT2D eigenvalue weighted by atomic mass is 35.5. The van der Waals surface area contributed by atoms with E-state index in [4.69, 9.17) is 34.8 Å². The van der Waals surface area contributed by atoms with Crippen LogP contribution in [-0.2, 0) is 26.2 Å². The highest BCUT2D eigenvalue weighted by molar-refractivity contribution is 7.92. The highest BCUT2D eigenvalue weighted by Crippen LogP contribution is 2.29. The van der Waals surface area contributed by atoms with E-state index in [1.165, 1.54) is 23.1 Å². The molecule has 3 aromatic rings. The molecule has 3 rings (SSSR count). The predicted octanol–water partition coefficient (Wildman–Crippen LogP) is 6.73. The maximum atomic E-state index is 14.1. The van der Waals surface area contributed by atoms with Crippen LogP contribution in [0.25, 0.3) is 0 Å². The third-order valence-electron chi connectivity index (χ3n) is 6.48. The van der Waals surface area contributed by atoms with Crippen LogP contribution >= 0.6 is 34.8 Å². The number of halogens is 3. The number of hydrogen-bond donors (Lipinski definition) is 1. The average molecular weight is 639 g/mol. The molecule has 41 heavy (non-hydrogen) atoms. The minimum Gasteiger partial charge on any atom is -0.354 e. The number of carbonyl (C=O) groups is 2. The van der Waals surface area contributed by atoms with Gasteiger partial charge in [0.25, 0.3) is 10.0 Å². The fourth-order valence-electron chi connectivity index (χ4n) is 4.16. The first kappa shape index (κ1) is 32.7. The third kappa shape index (κ3) is 8.38. The van der Waals surface area contributed by atoms with Gasteiger partial charge >= 0.3 is 0 Å². The van der Waals surface area contributed by atoms with Crippen molar-refractivity contribution in [2.75, 3.05) is 17.4 Å². The number of amides is 2. The molecule has 0 aliphatic carbocycles. The Bertz CT molecular complexity index is 1480. The minimum atomic E-state index is -4.19. The fraction of sp³-hybridized carbons (Fsp3) is 0.333. The lowest BCUT2D eigenvalue weighted by molar-refractivity contribution is -0.140. The molecule has 0 aromatic heterocycles. The van der Waals surface area contributed by atoms with E-state index >= 15 is 0 Å². The Kier molecular flexibility index (Phi) is 11.5. The van der Waals surface area contributed by atoms with Crippen LogP contribution < -0.4 is 9.62 Å². The van der Waals surface area contributed by atoms with Gasteiger partial charge in [-0.25, -0.2) is 8.42 Å². The fourth-order valence-corrected chi connectivity index (χ4v) is 6.23. The number of anilines is 1. The molecule has 0 bridgehead atoms. The van der Waals surface area contributed by atoms with Crippen molar-refractivity contribution in [2.45, 2.75) is 51.6 Å². The number of benzene rings is 3. The minimum absolute atomic E-state index is 0.0125. The van der Waals surface area contributed by atoms with Crippen LogP contribution in [0.1, 0.15) is 38.3 Å². The number of rotatable bonds is 12. The van der Waals surface area contributed by atoms with Gasteiger partial charge in [0.15, 0.2) is 0 Å². The van der Waals surface area contributed by atoms with Crippen LogP contribution in [0.5, 0.6) is 0 Å². The molecule has 0 unspecified atom stereocenters. The Labute approximate surface area is 257 Å². The molecular formula is C30H34Cl3N3O4S. The van der Waals surface area contributed by atoms with E-state index in [-0.39, 0.29) is 29.0 Å². The summed E-state index contributed by atoms with van der Waals surface area (Å²) in [4.78, 5) is 28.8. The van der Waals surface area contributed by atoms with Crippen LogP contribution in [0.3, 0.4) is 0 Å². The molecule has 0 radical (unpaired) electrons. The topological polar surface area (TPSA) is 86.8 Å². The average Bonchev–Trinajstić information content (AvgIpc) is 2.93. The number of carbonyl (C=O) groups excluding carboxylic acids is 2. The Hall–Kier alpha value is -2.78. The summed E-state index contributed by atoms with van der Waals surface area (Å²) in [5.41, 5.74) is 1.54. The first-order valence-electron chi connectivity index (χ1n) is 13.2. The Morgan fingerprint density at radius 1 is 0.927 bits per heavy atom. The molecule has 0 spiro atoms. The maximum absolute atomic E-state index is 14.1. The van der Waals surface area contributed by atoms with Crippen molar-refractivity contribution < 1.29 is 18.0 Å². The van der Waals surface area contributed by atoms with E-state index in [2.05, 4.69) is 5.32 Å². The summed E-state index contributed by atoms with van der Waals surface area (Å²) < 4.78 is 28.8. The van der Waals surface area contributed by atoms with Gasteiger partial charge in [0, 0.05) is 28.2 Å². The van der Waals surface area contributed by atoms with E-state index in [0.29, 0.717) is 33.6 Å². The Balaban J connectivity index is 2.08. The molecule has 7 nitrogen and oxygen atoms in total. The van der Waals surface area contributed by atoms with Gasteiger partial charge in [0.05, 0.1) is 10.6 Å². The summed E-state index contributed by atoms with van der Waals surface area (Å²) in [5, 5.41) is 4.00. The standard InChI is InChI=1S/C30H34Cl3N3O4S/c1-5-28(30(38)34-17-20(2)3)35(18-22-12-13-23(31)15-27(22)33)29(37)19-36(24-14-11-21(4)26(32)16-24)41(39,40)25-9-7-6-8-10-25/h6-16,20,28H,5,17-19H2,1-4H3,(H,34,38)/t28-/m1/s1. The SMILES string of the molecule is CC[C@H](C(=O)NCC(C)C)N(Cc1ccc(Cl)cc1Cl)C(=O)CN(c1ccc(C)c(Cl)c1)S(=O)(=O)c1ccccc1. The summed E-state index contributed by atoms with van der Waals surface area (Å²) >= 11 is 18.9. The molecule has 0 aliphatic rings. The summed E-state index contributed by atoms with van der Waals surface area (Å²) in [7, 11) is -4.19. The van der Waals surface area contributed by atoms with Crippen LogP contribution in [0.15, 0.2) is 71.6 Å². The lowest BCUT2D eigenvalue weighted by Crippen LogP contribution is -2.52. The van der Waals surface area contributed by atoms with E-state index in [9.17, 15) is 18.0 Å². The zero-order chi connectivity index (χ0) is 30.3. The smallest absolute Gasteiger partial charge is 0.264 e. The molecule has 0 aliphatic heterocycles. The molecule has 2 amide bonds. The summed E-state index contributed by atoms with van der Waals surface area (Å²) in [6, 6.07) is 16.6. The van der Waals surface area contributed by atoms with E-state index in [1.807, 2.05) is 13.8 Å².